The molecule has 1 atom stereocenters. The van der Waals surface area contributed by atoms with Crippen molar-refractivity contribution in [2.24, 2.45) is 0 Å². The van der Waals surface area contributed by atoms with Crippen molar-refractivity contribution >= 4 is 49.3 Å². The van der Waals surface area contributed by atoms with Gasteiger partial charge in [0.15, 0.2) is 5.16 Å². The van der Waals surface area contributed by atoms with E-state index >= 15 is 0 Å². The molecule has 0 aromatic carbocycles. The Hall–Kier alpha value is -1.44. The number of pyridine rings is 1. The van der Waals surface area contributed by atoms with Crippen LogP contribution in [0.4, 0.5) is 5.82 Å². The summed E-state index contributed by atoms with van der Waals surface area (Å²) in [5, 5.41) is 14.9. The van der Waals surface area contributed by atoms with Gasteiger partial charge in [-0.1, -0.05) is 25.1 Å². The Morgan fingerprint density at radius 3 is 2.77 bits per heavy atom. The molecule has 4 rings (SSSR count). The van der Waals surface area contributed by atoms with E-state index in [-0.39, 0.29) is 0 Å². The quantitative estimate of drug-likeness (QED) is 0.487. The number of hydrogen-bond donors (Lipinski definition) is 2. The van der Waals surface area contributed by atoms with Crippen molar-refractivity contribution in [3.63, 3.8) is 0 Å². The summed E-state index contributed by atoms with van der Waals surface area (Å²) in [7, 11) is 0. The second-order valence-electron chi connectivity index (χ2n) is 6.87. The Bertz CT molecular complexity index is 967. The topological polar surface area (TPSA) is 70.9 Å². The minimum absolute atomic E-state index is 0.425. The number of hydrogen-bond acceptors (Lipinski definition) is 7. The molecule has 5 nitrogen and oxygen atoms in total. The molecule has 26 heavy (non-hydrogen) atoms. The summed E-state index contributed by atoms with van der Waals surface area (Å²) in [5.74, 6) is 0.812. The van der Waals surface area contributed by atoms with Crippen molar-refractivity contribution < 1.29 is 5.11 Å². The Kier molecular flexibility index (Phi) is 5.03. The van der Waals surface area contributed by atoms with E-state index in [9.17, 15) is 5.11 Å². The maximum atomic E-state index is 9.65. The molecule has 3 heterocycles. The first-order valence-electron chi connectivity index (χ1n) is 9.23. The molecule has 0 saturated carbocycles. The van der Waals surface area contributed by atoms with Crippen LogP contribution in [0.25, 0.3) is 20.4 Å². The lowest BCUT2D eigenvalue weighted by molar-refractivity contribution is 0.208. The fourth-order valence-electron chi connectivity index (χ4n) is 3.72. The van der Waals surface area contributed by atoms with Crippen LogP contribution >= 0.6 is 23.1 Å². The predicted octanol–water partition coefficient (Wildman–Crippen LogP) is 4.20. The third kappa shape index (κ3) is 3.06. The van der Waals surface area contributed by atoms with Crippen LogP contribution in [-0.2, 0) is 19.3 Å². The van der Waals surface area contributed by atoms with Gasteiger partial charge in [-0.15, -0.1) is 11.3 Å². The molecule has 3 aromatic heterocycles. The van der Waals surface area contributed by atoms with E-state index < -0.39 is 6.10 Å². The lowest BCUT2D eigenvalue weighted by Crippen LogP contribution is -2.16. The maximum Gasteiger partial charge on any atom is 0.189 e. The van der Waals surface area contributed by atoms with Gasteiger partial charge in [0, 0.05) is 17.6 Å². The molecule has 0 aliphatic heterocycles. The number of aliphatic hydroxyl groups excluding tert-OH is 1. The van der Waals surface area contributed by atoms with Gasteiger partial charge in [0.25, 0.3) is 0 Å². The van der Waals surface area contributed by atoms with E-state index in [0.29, 0.717) is 6.54 Å². The molecule has 1 aliphatic rings. The average molecular weight is 389 g/mol. The van der Waals surface area contributed by atoms with Gasteiger partial charge < -0.3 is 10.4 Å². The van der Waals surface area contributed by atoms with E-state index in [2.05, 4.69) is 17.2 Å². The summed E-state index contributed by atoms with van der Waals surface area (Å²) >= 11 is 3.22. The molecule has 0 amide bonds. The van der Waals surface area contributed by atoms with Crippen molar-refractivity contribution in [3.8, 4) is 0 Å². The van der Waals surface area contributed by atoms with E-state index in [4.69, 9.17) is 9.97 Å². The fraction of sp³-hybridized carbons (Fsp3) is 0.526. The van der Waals surface area contributed by atoms with Crippen LogP contribution in [0.5, 0.6) is 0 Å². The molecular weight excluding hydrogens is 364 g/mol. The molecule has 3 aromatic rings. The Labute approximate surface area is 161 Å². The molecule has 2 N–H and O–H groups in total. The average Bonchev–Trinajstić information content (AvgIpc) is 3.23. The molecule has 1 aliphatic carbocycles. The van der Waals surface area contributed by atoms with Gasteiger partial charge >= 0.3 is 0 Å². The normalized spacial score (nSPS) is 14.9. The molecule has 138 valence electrons. The smallest absolute Gasteiger partial charge is 0.189 e. The first-order chi connectivity index (χ1) is 12.6. The number of rotatable bonds is 6. The van der Waals surface area contributed by atoms with Crippen molar-refractivity contribution in [2.75, 3.05) is 18.1 Å². The van der Waals surface area contributed by atoms with Crippen LogP contribution in [0.3, 0.4) is 0 Å². The van der Waals surface area contributed by atoms with E-state index in [1.807, 2.05) is 6.26 Å². The summed E-state index contributed by atoms with van der Waals surface area (Å²) < 4.78 is 1.05. The number of nitrogens with zero attached hydrogens (tertiary/aromatic N) is 3. The maximum absolute atomic E-state index is 9.65. The second kappa shape index (κ2) is 7.29. The number of aromatic nitrogens is 3. The largest absolute Gasteiger partial charge is 0.392 e. The lowest BCUT2D eigenvalue weighted by atomic mass is 10.0. The standard InChI is InChI=1S/C19H24N4OS2/c1-4-6-13-11-7-5-8-12(11)14-15-16(26-18(14)21-13)17(20-9-10(2)24)23-19(22-15)25-3/h10,24H,4-9H2,1-3H3,(H,20,22,23). The Morgan fingerprint density at radius 2 is 2.04 bits per heavy atom. The SMILES string of the molecule is CCCc1nc2sc3c(NCC(C)O)nc(SC)nc3c2c2c1CCC2. The predicted molar refractivity (Wildman–Crippen MR) is 111 cm³/mol. The zero-order valence-electron chi connectivity index (χ0n) is 15.4. The van der Waals surface area contributed by atoms with Gasteiger partial charge in [-0.2, -0.15) is 0 Å². The molecule has 0 saturated heterocycles. The second-order valence-corrected chi connectivity index (χ2v) is 8.64. The van der Waals surface area contributed by atoms with Gasteiger partial charge in [0.05, 0.1) is 16.3 Å². The molecule has 7 heteroatoms. The van der Waals surface area contributed by atoms with E-state index in [0.717, 1.165) is 51.7 Å². The van der Waals surface area contributed by atoms with E-state index in [1.54, 1.807) is 30.0 Å². The number of aliphatic hydroxyl groups is 1. The van der Waals surface area contributed by atoms with Crippen molar-refractivity contribution in [3.05, 3.63) is 16.8 Å². The highest BCUT2D eigenvalue weighted by Crippen LogP contribution is 2.42. The van der Waals surface area contributed by atoms with Gasteiger partial charge in [-0.05, 0) is 50.0 Å². The number of thiophene rings is 1. The third-order valence-electron chi connectivity index (χ3n) is 4.83. The Balaban J connectivity index is 1.98. The van der Waals surface area contributed by atoms with Gasteiger partial charge in [0.1, 0.15) is 10.6 Å². The molecule has 0 spiro atoms. The Morgan fingerprint density at radius 1 is 1.23 bits per heavy atom. The van der Waals surface area contributed by atoms with Crippen LogP contribution in [0.15, 0.2) is 5.16 Å². The van der Waals surface area contributed by atoms with Crippen molar-refractivity contribution in [1.29, 1.82) is 0 Å². The number of aryl methyl sites for hydroxylation is 2. The monoisotopic (exact) mass is 388 g/mol. The highest BCUT2D eigenvalue weighted by atomic mass is 32.2. The van der Waals surface area contributed by atoms with Crippen LogP contribution < -0.4 is 5.32 Å². The summed E-state index contributed by atoms with van der Waals surface area (Å²) in [6.07, 6.45) is 7.19. The summed E-state index contributed by atoms with van der Waals surface area (Å²) in [5.41, 5.74) is 5.21. The van der Waals surface area contributed by atoms with Gasteiger partial charge in [-0.3, -0.25) is 0 Å². The van der Waals surface area contributed by atoms with Gasteiger partial charge in [-0.25, -0.2) is 15.0 Å². The van der Waals surface area contributed by atoms with Crippen molar-refractivity contribution in [2.45, 2.75) is 57.2 Å². The summed E-state index contributed by atoms with van der Waals surface area (Å²) in [6, 6.07) is 0. The van der Waals surface area contributed by atoms with Crippen molar-refractivity contribution in [1.82, 2.24) is 15.0 Å². The summed E-state index contributed by atoms with van der Waals surface area (Å²) in [4.78, 5) is 15.6. The van der Waals surface area contributed by atoms with Crippen LogP contribution in [0, 0.1) is 0 Å². The molecule has 1 unspecified atom stereocenters. The first kappa shape index (κ1) is 17.9. The highest BCUT2D eigenvalue weighted by Gasteiger charge is 2.24. The molecule has 0 fully saturated rings. The number of thioether (sulfide) groups is 1. The van der Waals surface area contributed by atoms with Crippen LogP contribution in [0.2, 0.25) is 0 Å². The molecular formula is C19H24N4OS2. The highest BCUT2D eigenvalue weighted by molar-refractivity contribution is 7.98. The minimum atomic E-state index is -0.425. The minimum Gasteiger partial charge on any atom is -0.392 e. The van der Waals surface area contributed by atoms with Crippen LogP contribution in [0.1, 0.15) is 43.5 Å². The zero-order chi connectivity index (χ0) is 18.3. The number of anilines is 1. The molecule has 0 radical (unpaired) electrons. The first-order valence-corrected chi connectivity index (χ1v) is 11.3. The fourth-order valence-corrected chi connectivity index (χ4v) is 5.22. The number of nitrogens with one attached hydrogen (secondary N) is 1. The summed E-state index contributed by atoms with van der Waals surface area (Å²) in [6.45, 7) is 4.46. The third-order valence-corrected chi connectivity index (χ3v) is 6.46. The zero-order valence-corrected chi connectivity index (χ0v) is 17.1. The molecule has 0 bridgehead atoms. The van der Waals surface area contributed by atoms with Crippen LogP contribution in [-0.4, -0.2) is 39.0 Å². The van der Waals surface area contributed by atoms with Gasteiger partial charge in [0.2, 0.25) is 0 Å². The van der Waals surface area contributed by atoms with E-state index in [1.165, 1.54) is 28.6 Å². The number of fused-ring (bicyclic) bond motifs is 5. The lowest BCUT2D eigenvalue weighted by Gasteiger charge is -2.10.